The molecule has 0 aliphatic carbocycles. The Morgan fingerprint density at radius 3 is 2.52 bits per heavy atom. The van der Waals surface area contributed by atoms with E-state index in [1.807, 2.05) is 6.92 Å². The molecule has 1 atom stereocenters. The third-order valence-electron chi connectivity index (χ3n) is 3.59. The molecule has 0 heterocycles. The van der Waals surface area contributed by atoms with Gasteiger partial charge in [-0.25, -0.2) is 4.39 Å². The number of hydrogen-bond acceptors (Lipinski definition) is 2. The standard InChI is InChI=1S/C17H16Cl2FNO2/c1-11(12-6-8-13(20)9-7-12)21(2)16(22)10-23-15-5-3-4-14(18)17(15)19/h3-9,11H,10H2,1-2H3. The first-order valence-corrected chi connectivity index (χ1v) is 7.73. The van der Waals surface area contributed by atoms with Crippen LogP contribution in [0.2, 0.25) is 10.0 Å². The van der Waals surface area contributed by atoms with Crippen molar-refractivity contribution >= 4 is 29.1 Å². The van der Waals surface area contributed by atoms with Gasteiger partial charge in [-0.2, -0.15) is 0 Å². The fourth-order valence-corrected chi connectivity index (χ4v) is 2.36. The second kappa shape index (κ2) is 7.66. The molecule has 0 radical (unpaired) electrons. The molecule has 2 rings (SSSR count). The van der Waals surface area contributed by atoms with E-state index in [0.29, 0.717) is 10.8 Å². The van der Waals surface area contributed by atoms with Crippen LogP contribution in [0.15, 0.2) is 42.5 Å². The number of likely N-dealkylation sites (N-methyl/N-ethyl adjacent to an activating group) is 1. The smallest absolute Gasteiger partial charge is 0.260 e. The lowest BCUT2D eigenvalue weighted by atomic mass is 10.1. The Labute approximate surface area is 144 Å². The van der Waals surface area contributed by atoms with Gasteiger partial charge in [0.25, 0.3) is 5.91 Å². The van der Waals surface area contributed by atoms with E-state index < -0.39 is 0 Å². The summed E-state index contributed by atoms with van der Waals surface area (Å²) in [5, 5.41) is 0.640. The predicted octanol–water partition coefficient (Wildman–Crippen LogP) is 4.73. The number of hydrogen-bond donors (Lipinski definition) is 0. The van der Waals surface area contributed by atoms with Crippen LogP contribution in [0.5, 0.6) is 5.75 Å². The van der Waals surface area contributed by atoms with E-state index >= 15 is 0 Å². The number of carbonyl (C=O) groups excluding carboxylic acids is 1. The third-order valence-corrected chi connectivity index (χ3v) is 4.40. The molecule has 2 aromatic rings. The maximum absolute atomic E-state index is 13.0. The minimum absolute atomic E-state index is 0.165. The Hall–Kier alpha value is -1.78. The topological polar surface area (TPSA) is 29.5 Å². The first-order valence-electron chi connectivity index (χ1n) is 6.98. The molecule has 2 aromatic carbocycles. The summed E-state index contributed by atoms with van der Waals surface area (Å²) in [4.78, 5) is 13.8. The quantitative estimate of drug-likeness (QED) is 0.775. The van der Waals surface area contributed by atoms with E-state index in [1.165, 1.54) is 17.0 Å². The summed E-state index contributed by atoms with van der Waals surface area (Å²) >= 11 is 11.9. The Bertz CT molecular complexity index is 691. The molecular weight excluding hydrogens is 340 g/mol. The summed E-state index contributed by atoms with van der Waals surface area (Å²) in [6, 6.07) is 10.8. The van der Waals surface area contributed by atoms with Crippen molar-refractivity contribution in [1.82, 2.24) is 4.90 Å². The molecule has 1 unspecified atom stereocenters. The van der Waals surface area contributed by atoms with Crippen molar-refractivity contribution in [2.75, 3.05) is 13.7 Å². The molecule has 3 nitrogen and oxygen atoms in total. The van der Waals surface area contributed by atoms with Crippen LogP contribution in [0, 0.1) is 5.82 Å². The lowest BCUT2D eigenvalue weighted by molar-refractivity contribution is -0.134. The van der Waals surface area contributed by atoms with Crippen molar-refractivity contribution in [1.29, 1.82) is 0 Å². The average molecular weight is 356 g/mol. The Morgan fingerprint density at radius 1 is 1.22 bits per heavy atom. The number of ether oxygens (including phenoxy) is 1. The van der Waals surface area contributed by atoms with Gasteiger partial charge in [-0.15, -0.1) is 0 Å². The van der Waals surface area contributed by atoms with Crippen LogP contribution in [0.25, 0.3) is 0 Å². The maximum Gasteiger partial charge on any atom is 0.260 e. The first kappa shape index (κ1) is 17.6. The monoisotopic (exact) mass is 355 g/mol. The number of halogens is 3. The van der Waals surface area contributed by atoms with Crippen molar-refractivity contribution < 1.29 is 13.9 Å². The van der Waals surface area contributed by atoms with Crippen molar-refractivity contribution in [3.63, 3.8) is 0 Å². The van der Waals surface area contributed by atoms with Gasteiger partial charge in [0.15, 0.2) is 6.61 Å². The van der Waals surface area contributed by atoms with E-state index in [0.717, 1.165) is 5.56 Å². The molecule has 0 fully saturated rings. The highest BCUT2D eigenvalue weighted by atomic mass is 35.5. The van der Waals surface area contributed by atoms with Gasteiger partial charge in [0.05, 0.1) is 11.1 Å². The number of carbonyl (C=O) groups is 1. The van der Waals surface area contributed by atoms with E-state index in [4.69, 9.17) is 27.9 Å². The summed E-state index contributed by atoms with van der Waals surface area (Å²) < 4.78 is 18.4. The highest BCUT2D eigenvalue weighted by Gasteiger charge is 2.18. The molecule has 0 bridgehead atoms. The van der Waals surface area contributed by atoms with Gasteiger partial charge >= 0.3 is 0 Å². The van der Waals surface area contributed by atoms with Gasteiger partial charge in [0.2, 0.25) is 0 Å². The molecule has 0 saturated carbocycles. The summed E-state index contributed by atoms with van der Waals surface area (Å²) in [6.45, 7) is 1.69. The van der Waals surface area contributed by atoms with Crippen LogP contribution in [0.4, 0.5) is 4.39 Å². The van der Waals surface area contributed by atoms with Gasteiger partial charge in [0, 0.05) is 7.05 Å². The fraction of sp³-hybridized carbons (Fsp3) is 0.235. The second-order valence-electron chi connectivity index (χ2n) is 5.07. The molecule has 0 saturated heterocycles. The molecule has 122 valence electrons. The molecule has 1 amide bonds. The van der Waals surface area contributed by atoms with Crippen LogP contribution >= 0.6 is 23.2 Å². The third kappa shape index (κ3) is 4.36. The van der Waals surface area contributed by atoms with Gasteiger partial charge in [-0.05, 0) is 36.8 Å². The molecular formula is C17H16Cl2FNO2. The zero-order valence-corrected chi connectivity index (χ0v) is 14.2. The number of amides is 1. The van der Waals surface area contributed by atoms with Crippen LogP contribution in [0.1, 0.15) is 18.5 Å². The number of benzene rings is 2. The number of nitrogens with zero attached hydrogens (tertiary/aromatic N) is 1. The van der Waals surface area contributed by atoms with Crippen molar-refractivity contribution in [3.05, 3.63) is 63.9 Å². The van der Waals surface area contributed by atoms with Crippen molar-refractivity contribution in [2.45, 2.75) is 13.0 Å². The first-order chi connectivity index (χ1) is 10.9. The van der Waals surface area contributed by atoms with Gasteiger partial charge in [-0.1, -0.05) is 41.4 Å². The van der Waals surface area contributed by atoms with Crippen LogP contribution < -0.4 is 4.74 Å². The lowest BCUT2D eigenvalue weighted by Gasteiger charge is -2.25. The summed E-state index contributed by atoms with van der Waals surface area (Å²) in [7, 11) is 1.67. The van der Waals surface area contributed by atoms with Crippen LogP contribution in [-0.2, 0) is 4.79 Å². The van der Waals surface area contributed by atoms with Crippen LogP contribution in [-0.4, -0.2) is 24.5 Å². The number of rotatable bonds is 5. The van der Waals surface area contributed by atoms with E-state index in [-0.39, 0.29) is 29.4 Å². The molecule has 23 heavy (non-hydrogen) atoms. The molecule has 0 N–H and O–H groups in total. The molecule has 0 aliphatic rings. The van der Waals surface area contributed by atoms with Gasteiger partial charge < -0.3 is 9.64 Å². The lowest BCUT2D eigenvalue weighted by Crippen LogP contribution is -2.33. The highest BCUT2D eigenvalue weighted by Crippen LogP contribution is 2.31. The summed E-state index contributed by atoms with van der Waals surface area (Å²) in [5.41, 5.74) is 0.836. The van der Waals surface area contributed by atoms with Gasteiger partial charge in [0.1, 0.15) is 16.6 Å². The minimum Gasteiger partial charge on any atom is -0.482 e. The molecule has 0 aromatic heterocycles. The predicted molar refractivity (Wildman–Crippen MR) is 89.5 cm³/mol. The maximum atomic E-state index is 13.0. The molecule has 0 spiro atoms. The largest absolute Gasteiger partial charge is 0.482 e. The van der Waals surface area contributed by atoms with E-state index in [9.17, 15) is 9.18 Å². The summed E-state index contributed by atoms with van der Waals surface area (Å²) in [6.07, 6.45) is 0. The van der Waals surface area contributed by atoms with Crippen molar-refractivity contribution in [3.8, 4) is 5.75 Å². The highest BCUT2D eigenvalue weighted by molar-refractivity contribution is 6.42. The minimum atomic E-state index is -0.311. The Morgan fingerprint density at radius 2 is 1.87 bits per heavy atom. The zero-order valence-electron chi connectivity index (χ0n) is 12.7. The zero-order chi connectivity index (χ0) is 17.0. The Kier molecular flexibility index (Phi) is 5.85. The SMILES string of the molecule is CC(c1ccc(F)cc1)N(C)C(=O)COc1cccc(Cl)c1Cl. The van der Waals surface area contributed by atoms with Crippen LogP contribution in [0.3, 0.4) is 0 Å². The van der Waals surface area contributed by atoms with Crippen molar-refractivity contribution in [2.24, 2.45) is 0 Å². The molecule has 6 heteroatoms. The Balaban J connectivity index is 1.99. The average Bonchev–Trinajstić information content (AvgIpc) is 2.55. The fourth-order valence-electron chi connectivity index (χ4n) is 2.02. The normalized spacial score (nSPS) is 11.9. The van der Waals surface area contributed by atoms with Gasteiger partial charge in [-0.3, -0.25) is 4.79 Å². The summed E-state index contributed by atoms with van der Waals surface area (Å²) in [5.74, 6) is -0.179. The molecule has 0 aliphatic heterocycles. The van der Waals surface area contributed by atoms with E-state index in [1.54, 1.807) is 37.4 Å². The second-order valence-corrected chi connectivity index (χ2v) is 5.86. The van der Waals surface area contributed by atoms with E-state index in [2.05, 4.69) is 0 Å².